The lowest BCUT2D eigenvalue weighted by Gasteiger charge is -2.41. The Morgan fingerprint density at radius 1 is 1.47 bits per heavy atom. The third-order valence-corrected chi connectivity index (χ3v) is 2.91. The second kappa shape index (κ2) is 5.10. The minimum atomic E-state index is -0.607. The van der Waals surface area contributed by atoms with E-state index in [1.54, 1.807) is 24.3 Å². The predicted molar refractivity (Wildman–Crippen MR) is 67.0 cm³/mol. The van der Waals surface area contributed by atoms with Crippen molar-refractivity contribution in [1.82, 2.24) is 5.06 Å². The first-order chi connectivity index (χ1) is 8.24. The number of carbonyl (C=O) groups is 1. The maximum Gasteiger partial charge on any atom is 0.184 e. The van der Waals surface area contributed by atoms with Gasteiger partial charge in [-0.05, 0) is 6.42 Å². The zero-order valence-electron chi connectivity index (χ0n) is 9.80. The Kier molecular flexibility index (Phi) is 3.54. The van der Waals surface area contributed by atoms with Gasteiger partial charge in [-0.2, -0.15) is 0 Å². The molecule has 90 valence electrons. The highest BCUT2D eigenvalue weighted by molar-refractivity contribution is 6.02. The molecule has 0 N–H and O–H groups in total. The van der Waals surface area contributed by atoms with Crippen molar-refractivity contribution in [1.29, 1.82) is 0 Å². The average Bonchev–Trinajstić information content (AvgIpc) is 2.39. The van der Waals surface area contributed by atoms with Crippen molar-refractivity contribution in [2.75, 3.05) is 6.54 Å². The van der Waals surface area contributed by atoms with Gasteiger partial charge in [0.15, 0.2) is 5.78 Å². The number of nitrogens with zero attached hydrogens (tertiary/aromatic N) is 2. The predicted octanol–water partition coefficient (Wildman–Crippen LogP) is 2.25. The Morgan fingerprint density at radius 3 is 2.82 bits per heavy atom. The van der Waals surface area contributed by atoms with Crippen LogP contribution < -0.4 is 0 Å². The lowest BCUT2D eigenvalue weighted by molar-refractivity contribution is 0.0900. The zero-order valence-corrected chi connectivity index (χ0v) is 9.80. The second-order valence-electron chi connectivity index (χ2n) is 4.01. The molecule has 4 heteroatoms. The Balaban J connectivity index is 2.19. The van der Waals surface area contributed by atoms with Crippen LogP contribution in [0, 0.1) is 5.21 Å². The summed E-state index contributed by atoms with van der Waals surface area (Å²) in [5.41, 5.74) is 0.593. The molecule has 2 rings (SSSR count). The molecule has 0 radical (unpaired) electrons. The van der Waals surface area contributed by atoms with E-state index >= 15 is 0 Å². The van der Waals surface area contributed by atoms with Gasteiger partial charge in [0.25, 0.3) is 0 Å². The van der Waals surface area contributed by atoms with Gasteiger partial charge in [-0.3, -0.25) is 9.79 Å². The highest BCUT2D eigenvalue weighted by atomic mass is 16.5. The third kappa shape index (κ3) is 2.36. The zero-order chi connectivity index (χ0) is 12.3. The van der Waals surface area contributed by atoms with Crippen LogP contribution in [0.1, 0.15) is 30.1 Å². The largest absolute Gasteiger partial charge is 0.757 e. The van der Waals surface area contributed by atoms with E-state index in [-0.39, 0.29) is 5.78 Å². The van der Waals surface area contributed by atoms with Gasteiger partial charge in [-0.25, -0.2) is 0 Å². The maximum absolute atomic E-state index is 12.2. The van der Waals surface area contributed by atoms with E-state index in [0.717, 1.165) is 5.06 Å². The lowest BCUT2D eigenvalue weighted by atomic mass is 10.00. The molecule has 1 atom stereocenters. The summed E-state index contributed by atoms with van der Waals surface area (Å²) in [5.74, 6) is 0.368. The van der Waals surface area contributed by atoms with Gasteiger partial charge < -0.3 is 10.3 Å². The number of rotatable bonds is 3. The fraction of sp³-hybridized carbons (Fsp3) is 0.385. The van der Waals surface area contributed by atoms with Crippen LogP contribution in [-0.2, 0) is 0 Å². The van der Waals surface area contributed by atoms with Gasteiger partial charge in [0, 0.05) is 18.5 Å². The van der Waals surface area contributed by atoms with E-state index in [2.05, 4.69) is 4.99 Å². The number of hydroxylamine groups is 2. The van der Waals surface area contributed by atoms with Crippen molar-refractivity contribution in [3.63, 3.8) is 0 Å². The first-order valence-electron chi connectivity index (χ1n) is 5.83. The van der Waals surface area contributed by atoms with E-state index in [1.807, 2.05) is 13.0 Å². The summed E-state index contributed by atoms with van der Waals surface area (Å²) in [7, 11) is 0. The fourth-order valence-electron chi connectivity index (χ4n) is 1.98. The smallest absolute Gasteiger partial charge is 0.184 e. The molecule has 1 heterocycles. The standard InChI is InChI=1S/C13H15N2O2/c1-2-12-14-9-8-11(15(12)17)13(16)10-6-4-3-5-7-10/h3-7,11H,2,8-9H2,1H3/q-1. The molecule has 1 aromatic carbocycles. The molecule has 1 unspecified atom stereocenters. The topological polar surface area (TPSA) is 55.7 Å². The molecular formula is C13H15N2O2-. The first-order valence-corrected chi connectivity index (χ1v) is 5.83. The van der Waals surface area contributed by atoms with Crippen molar-refractivity contribution >= 4 is 11.6 Å². The molecule has 1 aliphatic rings. The molecule has 4 nitrogen and oxygen atoms in total. The van der Waals surface area contributed by atoms with Gasteiger partial charge in [-0.1, -0.05) is 37.3 Å². The molecule has 17 heavy (non-hydrogen) atoms. The molecule has 0 saturated heterocycles. The van der Waals surface area contributed by atoms with Gasteiger partial charge in [0.2, 0.25) is 0 Å². The minimum absolute atomic E-state index is 0.110. The van der Waals surface area contributed by atoms with E-state index in [0.29, 0.717) is 30.8 Å². The molecule has 0 fully saturated rings. The van der Waals surface area contributed by atoms with E-state index in [4.69, 9.17) is 0 Å². The maximum atomic E-state index is 12.2. The summed E-state index contributed by atoms with van der Waals surface area (Å²) in [6.07, 6.45) is 1.07. The monoisotopic (exact) mass is 231 g/mol. The van der Waals surface area contributed by atoms with Crippen molar-refractivity contribution in [2.45, 2.75) is 25.8 Å². The fourth-order valence-corrected chi connectivity index (χ4v) is 1.98. The molecule has 0 aliphatic carbocycles. The first kappa shape index (κ1) is 11.8. The van der Waals surface area contributed by atoms with Crippen LogP contribution in [0.4, 0.5) is 0 Å². The Labute approximate surface area is 101 Å². The number of carbonyl (C=O) groups excluding carboxylic acids is 1. The summed E-state index contributed by atoms with van der Waals surface area (Å²) in [6, 6.07) is 8.34. The van der Waals surface area contributed by atoms with Crippen LogP contribution in [-0.4, -0.2) is 29.3 Å². The van der Waals surface area contributed by atoms with Gasteiger partial charge >= 0.3 is 0 Å². The van der Waals surface area contributed by atoms with Crippen molar-refractivity contribution < 1.29 is 4.79 Å². The summed E-state index contributed by atoms with van der Waals surface area (Å²) in [4.78, 5) is 16.3. The number of aliphatic imine (C=N–C) groups is 1. The minimum Gasteiger partial charge on any atom is -0.757 e. The molecule has 1 aromatic rings. The van der Waals surface area contributed by atoms with Gasteiger partial charge in [-0.15, -0.1) is 0 Å². The molecule has 0 amide bonds. The highest BCUT2D eigenvalue weighted by Crippen LogP contribution is 2.17. The Hall–Kier alpha value is -1.68. The van der Waals surface area contributed by atoms with Crippen LogP contribution >= 0.6 is 0 Å². The summed E-state index contributed by atoms with van der Waals surface area (Å²) < 4.78 is 0. The molecule has 0 bridgehead atoms. The molecule has 0 aromatic heterocycles. The van der Waals surface area contributed by atoms with E-state index in [1.165, 1.54) is 0 Å². The van der Waals surface area contributed by atoms with Crippen molar-refractivity contribution in [3.05, 3.63) is 41.1 Å². The summed E-state index contributed by atoms with van der Waals surface area (Å²) in [6.45, 7) is 2.43. The van der Waals surface area contributed by atoms with Crippen LogP contribution in [0.25, 0.3) is 0 Å². The summed E-state index contributed by atoms with van der Waals surface area (Å²) in [5, 5.41) is 12.7. The highest BCUT2D eigenvalue weighted by Gasteiger charge is 2.25. The van der Waals surface area contributed by atoms with E-state index in [9.17, 15) is 10.0 Å². The number of hydrogen-bond acceptors (Lipinski definition) is 4. The second-order valence-corrected chi connectivity index (χ2v) is 4.01. The molecule has 0 saturated carbocycles. The summed E-state index contributed by atoms with van der Waals surface area (Å²) >= 11 is 0. The van der Waals surface area contributed by atoms with Gasteiger partial charge in [0.05, 0.1) is 11.9 Å². The number of hydrogen-bond donors (Lipinski definition) is 0. The van der Waals surface area contributed by atoms with Crippen molar-refractivity contribution in [3.8, 4) is 0 Å². The van der Waals surface area contributed by atoms with Crippen molar-refractivity contribution in [2.24, 2.45) is 4.99 Å². The number of benzene rings is 1. The lowest BCUT2D eigenvalue weighted by Crippen LogP contribution is -2.44. The van der Waals surface area contributed by atoms with E-state index < -0.39 is 6.04 Å². The number of Topliss-reactive ketones (excluding diaryl/α,β-unsaturated/α-hetero) is 1. The average molecular weight is 231 g/mol. The third-order valence-electron chi connectivity index (χ3n) is 2.91. The normalized spacial score (nSPS) is 20.0. The Bertz CT molecular complexity index is 428. The molecule has 1 aliphatic heterocycles. The van der Waals surface area contributed by atoms with Crippen LogP contribution in [0.15, 0.2) is 35.3 Å². The molecular weight excluding hydrogens is 216 g/mol. The van der Waals surface area contributed by atoms with Crippen LogP contribution in [0.3, 0.4) is 0 Å². The SMILES string of the molecule is CCC1=NCCC(C(=O)c2ccccc2)N1[O-]. The molecule has 0 spiro atoms. The van der Waals surface area contributed by atoms with Gasteiger partial charge in [0.1, 0.15) is 0 Å². The van der Waals surface area contributed by atoms with Crippen LogP contribution in [0.2, 0.25) is 0 Å². The Morgan fingerprint density at radius 2 is 2.18 bits per heavy atom. The number of ketones is 1. The number of amidine groups is 1. The van der Waals surface area contributed by atoms with Crippen LogP contribution in [0.5, 0.6) is 0 Å². The quantitative estimate of drug-likeness (QED) is 0.750.